The molecule has 0 aromatic heterocycles. The Balaban J connectivity index is 1.64. The Labute approximate surface area is 138 Å². The van der Waals surface area contributed by atoms with Crippen LogP contribution >= 0.6 is 0 Å². The van der Waals surface area contributed by atoms with E-state index in [-0.39, 0.29) is 17.8 Å². The van der Waals surface area contributed by atoms with E-state index in [2.05, 4.69) is 18.7 Å². The number of benzene rings is 1. The maximum absolute atomic E-state index is 13.1. The molecule has 3 unspecified atom stereocenters. The minimum atomic E-state index is -0.203. The Morgan fingerprint density at radius 1 is 1.17 bits per heavy atom. The number of carbonyl (C=O) groups excluding carboxylic acids is 1. The molecule has 23 heavy (non-hydrogen) atoms. The molecule has 0 N–H and O–H groups in total. The molecule has 2 saturated heterocycles. The average molecular weight is 318 g/mol. The lowest BCUT2D eigenvalue weighted by atomic mass is 9.92. The van der Waals surface area contributed by atoms with Gasteiger partial charge in [-0.15, -0.1) is 0 Å². The van der Waals surface area contributed by atoms with Gasteiger partial charge in [-0.25, -0.2) is 4.39 Å². The Kier molecular flexibility index (Phi) is 5.00. The van der Waals surface area contributed by atoms with Crippen LogP contribution in [0.2, 0.25) is 0 Å². The van der Waals surface area contributed by atoms with Crippen molar-refractivity contribution in [1.29, 1.82) is 0 Å². The van der Waals surface area contributed by atoms with E-state index < -0.39 is 0 Å². The van der Waals surface area contributed by atoms with Gasteiger partial charge in [0.1, 0.15) is 5.82 Å². The molecule has 1 aromatic rings. The highest BCUT2D eigenvalue weighted by atomic mass is 19.1. The van der Waals surface area contributed by atoms with Gasteiger partial charge < -0.3 is 4.90 Å². The number of halogens is 1. The molecular weight excluding hydrogens is 291 g/mol. The molecule has 0 radical (unpaired) electrons. The van der Waals surface area contributed by atoms with Crippen LogP contribution in [0.3, 0.4) is 0 Å². The van der Waals surface area contributed by atoms with Crippen molar-refractivity contribution in [2.75, 3.05) is 26.2 Å². The minimum Gasteiger partial charge on any atom is -0.341 e. The maximum atomic E-state index is 13.1. The van der Waals surface area contributed by atoms with Crippen molar-refractivity contribution >= 4 is 5.91 Å². The molecule has 0 spiro atoms. The lowest BCUT2D eigenvalue weighted by Gasteiger charge is -2.36. The van der Waals surface area contributed by atoms with Gasteiger partial charge in [0.05, 0.1) is 6.54 Å². The molecule has 2 heterocycles. The Bertz CT molecular complexity index is 535. The molecular formula is C19H27FN2O. The fourth-order valence-corrected chi connectivity index (χ4v) is 4.22. The summed E-state index contributed by atoms with van der Waals surface area (Å²) in [7, 11) is 0. The molecule has 4 heteroatoms. The molecule has 0 aliphatic carbocycles. The van der Waals surface area contributed by atoms with Gasteiger partial charge in [-0.05, 0) is 55.3 Å². The van der Waals surface area contributed by atoms with Crippen molar-refractivity contribution in [3.05, 3.63) is 35.6 Å². The number of hydrogen-bond donors (Lipinski definition) is 0. The van der Waals surface area contributed by atoms with E-state index in [9.17, 15) is 9.18 Å². The van der Waals surface area contributed by atoms with E-state index in [0.29, 0.717) is 18.4 Å². The number of carbonyl (C=O) groups is 1. The quantitative estimate of drug-likeness (QED) is 0.852. The van der Waals surface area contributed by atoms with Crippen LogP contribution in [0.25, 0.3) is 0 Å². The molecule has 0 bridgehead atoms. The van der Waals surface area contributed by atoms with E-state index in [4.69, 9.17) is 0 Å². The molecule has 2 aliphatic rings. The summed E-state index contributed by atoms with van der Waals surface area (Å²) in [4.78, 5) is 17.0. The van der Waals surface area contributed by atoms with Crippen LogP contribution in [-0.4, -0.2) is 41.9 Å². The third-order valence-electron chi connectivity index (χ3n) is 5.18. The summed E-state index contributed by atoms with van der Waals surface area (Å²) in [5.41, 5.74) is 1.12. The van der Waals surface area contributed by atoms with Crippen molar-refractivity contribution in [2.45, 2.75) is 39.2 Å². The lowest BCUT2D eigenvalue weighted by Crippen LogP contribution is -2.46. The molecule has 2 aliphatic heterocycles. The summed E-state index contributed by atoms with van der Waals surface area (Å²) in [5.74, 6) is 1.23. The number of likely N-dealkylation sites (tertiary alicyclic amines) is 2. The van der Waals surface area contributed by atoms with Gasteiger partial charge in [0.2, 0.25) is 5.91 Å². The molecule has 1 amide bonds. The van der Waals surface area contributed by atoms with Crippen LogP contribution in [0.4, 0.5) is 4.39 Å². The van der Waals surface area contributed by atoms with Gasteiger partial charge in [0, 0.05) is 19.1 Å². The fourth-order valence-electron chi connectivity index (χ4n) is 4.22. The van der Waals surface area contributed by atoms with Crippen molar-refractivity contribution < 1.29 is 9.18 Å². The van der Waals surface area contributed by atoms with E-state index in [1.165, 1.54) is 18.6 Å². The van der Waals surface area contributed by atoms with Crippen molar-refractivity contribution in [3.63, 3.8) is 0 Å². The number of piperidine rings is 1. The SMILES string of the molecule is CC1CC(C)CN(C(=O)CN2CCCC2c2ccc(F)cc2)C1. The summed E-state index contributed by atoms with van der Waals surface area (Å²) >= 11 is 0. The molecule has 2 fully saturated rings. The average Bonchev–Trinajstić information content (AvgIpc) is 2.95. The van der Waals surface area contributed by atoms with Crippen LogP contribution in [0.1, 0.15) is 44.7 Å². The molecule has 1 aromatic carbocycles. The van der Waals surface area contributed by atoms with Crippen molar-refractivity contribution in [1.82, 2.24) is 9.80 Å². The number of rotatable bonds is 3. The zero-order valence-electron chi connectivity index (χ0n) is 14.2. The van der Waals surface area contributed by atoms with Crippen LogP contribution in [0, 0.1) is 17.7 Å². The largest absolute Gasteiger partial charge is 0.341 e. The molecule has 126 valence electrons. The lowest BCUT2D eigenvalue weighted by molar-refractivity contribution is -0.135. The van der Waals surface area contributed by atoms with Crippen LogP contribution in [0.5, 0.6) is 0 Å². The van der Waals surface area contributed by atoms with E-state index in [1.54, 1.807) is 0 Å². The highest BCUT2D eigenvalue weighted by Crippen LogP contribution is 2.32. The predicted octanol–water partition coefficient (Wildman–Crippen LogP) is 3.47. The van der Waals surface area contributed by atoms with Gasteiger partial charge >= 0.3 is 0 Å². The smallest absolute Gasteiger partial charge is 0.236 e. The topological polar surface area (TPSA) is 23.6 Å². The normalized spacial score (nSPS) is 29.0. The highest BCUT2D eigenvalue weighted by Gasteiger charge is 2.31. The van der Waals surface area contributed by atoms with Gasteiger partial charge in [-0.1, -0.05) is 26.0 Å². The van der Waals surface area contributed by atoms with Gasteiger partial charge in [-0.3, -0.25) is 9.69 Å². The summed E-state index contributed by atoms with van der Waals surface area (Å²) in [6, 6.07) is 6.99. The Morgan fingerprint density at radius 3 is 2.48 bits per heavy atom. The second kappa shape index (κ2) is 7.00. The minimum absolute atomic E-state index is 0.203. The predicted molar refractivity (Wildman–Crippen MR) is 89.5 cm³/mol. The number of hydrogen-bond acceptors (Lipinski definition) is 2. The first kappa shape index (κ1) is 16.4. The first-order chi connectivity index (χ1) is 11.0. The summed E-state index contributed by atoms with van der Waals surface area (Å²) < 4.78 is 13.1. The first-order valence-corrected chi connectivity index (χ1v) is 8.80. The maximum Gasteiger partial charge on any atom is 0.236 e. The van der Waals surface area contributed by atoms with Crippen molar-refractivity contribution in [2.24, 2.45) is 11.8 Å². The molecule has 3 nitrogen and oxygen atoms in total. The Morgan fingerprint density at radius 2 is 1.83 bits per heavy atom. The van der Waals surface area contributed by atoms with Gasteiger partial charge in [0.25, 0.3) is 0 Å². The third kappa shape index (κ3) is 3.92. The summed E-state index contributed by atoms with van der Waals surface area (Å²) in [5, 5.41) is 0. The van der Waals surface area contributed by atoms with Crippen LogP contribution in [0.15, 0.2) is 24.3 Å². The second-order valence-electron chi connectivity index (χ2n) is 7.42. The second-order valence-corrected chi connectivity index (χ2v) is 7.42. The molecule has 3 rings (SSSR count). The van der Waals surface area contributed by atoms with Crippen molar-refractivity contribution in [3.8, 4) is 0 Å². The van der Waals surface area contributed by atoms with E-state index >= 15 is 0 Å². The number of nitrogens with zero attached hydrogens (tertiary/aromatic N) is 2. The summed E-state index contributed by atoms with van der Waals surface area (Å²) in [6.07, 6.45) is 3.36. The van der Waals surface area contributed by atoms with E-state index in [1.807, 2.05) is 17.0 Å². The zero-order chi connectivity index (χ0) is 16.4. The van der Waals surface area contributed by atoms with Crippen LogP contribution in [-0.2, 0) is 4.79 Å². The standard InChI is InChI=1S/C19H27FN2O/c1-14-10-15(2)12-22(11-14)19(23)13-21-9-3-4-18(21)16-5-7-17(20)8-6-16/h5-8,14-15,18H,3-4,9-13H2,1-2H3. The fraction of sp³-hybridized carbons (Fsp3) is 0.632. The van der Waals surface area contributed by atoms with E-state index in [0.717, 1.165) is 38.0 Å². The zero-order valence-corrected chi connectivity index (χ0v) is 14.2. The van der Waals surface area contributed by atoms with Gasteiger partial charge in [-0.2, -0.15) is 0 Å². The number of amides is 1. The summed E-state index contributed by atoms with van der Waals surface area (Å²) in [6.45, 7) is 7.67. The molecule has 3 atom stereocenters. The van der Waals surface area contributed by atoms with Crippen LogP contribution < -0.4 is 0 Å². The third-order valence-corrected chi connectivity index (χ3v) is 5.18. The first-order valence-electron chi connectivity index (χ1n) is 8.80. The van der Waals surface area contributed by atoms with Gasteiger partial charge in [0.15, 0.2) is 0 Å². The highest BCUT2D eigenvalue weighted by molar-refractivity contribution is 5.78. The molecule has 0 saturated carbocycles. The Hall–Kier alpha value is -1.42. The monoisotopic (exact) mass is 318 g/mol.